The van der Waals surface area contributed by atoms with Gasteiger partial charge in [0, 0.05) is 0 Å². The molecule has 0 radical (unpaired) electrons. The van der Waals surface area contributed by atoms with Crippen LogP contribution in [0.4, 0.5) is 9.59 Å². The Morgan fingerprint density at radius 3 is 1.21 bits per heavy atom. The van der Waals surface area contributed by atoms with Gasteiger partial charge in [0.15, 0.2) is 0 Å². The van der Waals surface area contributed by atoms with Crippen LogP contribution >= 0.6 is 23.5 Å². The van der Waals surface area contributed by atoms with Crippen LogP contribution in [0.1, 0.15) is 81.1 Å². The molecule has 0 heterocycles. The summed E-state index contributed by atoms with van der Waals surface area (Å²) in [6.07, 6.45) is 0.0611. The number of hydrogen-bond donors (Lipinski definition) is 0. The SMILES string of the molecule is CC(C)(C)N=NC(C)(CCCOC(=O)OCCOC(=O)OCCCC(C)(N=NC(C)(C)C)SC#N)SC#N. The summed E-state index contributed by atoms with van der Waals surface area (Å²) < 4.78 is 19.7. The van der Waals surface area contributed by atoms with E-state index in [0.29, 0.717) is 25.7 Å². The standard InChI is InChI=1S/C24H40N6O6S2/c1-21(2,3)27-29-23(7,37-17-25)11-9-13-33-19(31)35-15-16-36-20(32)34-14-10-12-24(8,38-18-26)30-28-22(4,5)6/h9-16H2,1-8H3. The Hall–Kier alpha value is -2.58. The Bertz CT molecular complexity index is 819. The van der Waals surface area contributed by atoms with Gasteiger partial charge in [-0.3, -0.25) is 0 Å². The molecule has 0 aromatic heterocycles. The fourth-order valence-corrected chi connectivity index (χ4v) is 3.45. The molecule has 0 saturated heterocycles. The van der Waals surface area contributed by atoms with Crippen LogP contribution < -0.4 is 0 Å². The number of ether oxygens (including phenoxy) is 4. The molecule has 14 heteroatoms. The molecule has 0 bridgehead atoms. The van der Waals surface area contributed by atoms with E-state index in [2.05, 4.69) is 20.5 Å². The molecule has 2 unspecified atom stereocenters. The summed E-state index contributed by atoms with van der Waals surface area (Å²) in [6, 6.07) is 0. The maximum Gasteiger partial charge on any atom is 0.508 e. The lowest BCUT2D eigenvalue weighted by Crippen LogP contribution is -2.20. The van der Waals surface area contributed by atoms with Crippen molar-refractivity contribution in [3.63, 3.8) is 0 Å². The maximum absolute atomic E-state index is 11.7. The molecule has 0 aliphatic heterocycles. The Kier molecular flexibility index (Phi) is 15.9. The van der Waals surface area contributed by atoms with E-state index in [1.165, 1.54) is 0 Å². The van der Waals surface area contributed by atoms with Gasteiger partial charge in [0.1, 0.15) is 33.8 Å². The predicted octanol–water partition coefficient (Wildman–Crippen LogP) is 7.22. The minimum atomic E-state index is -0.897. The smallest absolute Gasteiger partial charge is 0.434 e. The normalized spacial score (nSPS) is 15.2. The molecule has 0 aliphatic carbocycles. The average Bonchev–Trinajstić information content (AvgIpc) is 2.80. The third kappa shape index (κ3) is 19.5. The first-order chi connectivity index (χ1) is 17.5. The molecule has 0 spiro atoms. The van der Waals surface area contributed by atoms with Crippen LogP contribution in [0, 0.1) is 21.3 Å². The van der Waals surface area contributed by atoms with Gasteiger partial charge >= 0.3 is 12.3 Å². The van der Waals surface area contributed by atoms with Crippen molar-refractivity contribution in [2.45, 2.75) is 102 Å². The molecule has 0 N–H and O–H groups in total. The second-order valence-electron chi connectivity index (χ2n) is 10.6. The summed E-state index contributed by atoms with van der Waals surface area (Å²) in [5, 5.41) is 39.2. The second-order valence-corrected chi connectivity index (χ2v) is 13.1. The lowest BCUT2D eigenvalue weighted by Gasteiger charge is -2.21. The van der Waals surface area contributed by atoms with Crippen LogP contribution in [0.25, 0.3) is 0 Å². The Labute approximate surface area is 234 Å². The topological polar surface area (TPSA) is 168 Å². The molecular formula is C24H40N6O6S2. The van der Waals surface area contributed by atoms with Crippen molar-refractivity contribution in [3.05, 3.63) is 0 Å². The van der Waals surface area contributed by atoms with E-state index in [0.717, 1.165) is 23.5 Å². The van der Waals surface area contributed by atoms with Crippen LogP contribution in [-0.4, -0.2) is 59.6 Å². The highest BCUT2D eigenvalue weighted by Gasteiger charge is 2.27. The highest BCUT2D eigenvalue weighted by Crippen LogP contribution is 2.33. The number of rotatable bonds is 15. The van der Waals surface area contributed by atoms with Gasteiger partial charge in [0.05, 0.1) is 24.3 Å². The first-order valence-electron chi connectivity index (χ1n) is 12.1. The molecule has 0 fully saturated rings. The fourth-order valence-electron chi connectivity index (χ4n) is 2.40. The second kappa shape index (κ2) is 17.1. The van der Waals surface area contributed by atoms with E-state index in [1.54, 1.807) is 13.8 Å². The van der Waals surface area contributed by atoms with Crippen LogP contribution in [0.2, 0.25) is 0 Å². The van der Waals surface area contributed by atoms with Gasteiger partial charge in [-0.1, -0.05) is 0 Å². The summed E-state index contributed by atoms with van der Waals surface area (Å²) in [7, 11) is 0. The number of nitrogens with zero attached hydrogens (tertiary/aromatic N) is 6. The van der Waals surface area contributed by atoms with E-state index < -0.39 is 22.1 Å². The van der Waals surface area contributed by atoms with Crippen molar-refractivity contribution in [1.29, 1.82) is 10.5 Å². The number of thioether (sulfide) groups is 2. The van der Waals surface area contributed by atoms with Gasteiger partial charge < -0.3 is 18.9 Å². The third-order valence-corrected chi connectivity index (χ3v) is 5.82. The molecule has 0 amide bonds. The molecular weight excluding hydrogens is 532 g/mol. The minimum absolute atomic E-state index is 0.0761. The number of carbonyl (C=O) groups excluding carboxylic acids is 2. The molecule has 0 saturated carbocycles. The van der Waals surface area contributed by atoms with Gasteiger partial charge in [-0.25, -0.2) is 9.59 Å². The zero-order valence-corrected chi connectivity index (χ0v) is 25.2. The lowest BCUT2D eigenvalue weighted by molar-refractivity contribution is 0.0173. The van der Waals surface area contributed by atoms with Crippen molar-refractivity contribution in [1.82, 2.24) is 0 Å². The van der Waals surface area contributed by atoms with E-state index in [1.807, 2.05) is 52.3 Å². The predicted molar refractivity (Wildman–Crippen MR) is 146 cm³/mol. The van der Waals surface area contributed by atoms with Crippen molar-refractivity contribution < 1.29 is 28.5 Å². The number of hydrogen-bond acceptors (Lipinski definition) is 14. The maximum atomic E-state index is 11.7. The summed E-state index contributed by atoms with van der Waals surface area (Å²) in [5.74, 6) is 0. The molecule has 0 aromatic carbocycles. The number of nitriles is 2. The van der Waals surface area contributed by atoms with E-state index >= 15 is 0 Å². The first kappa shape index (κ1) is 35.4. The first-order valence-corrected chi connectivity index (χ1v) is 13.8. The summed E-state index contributed by atoms with van der Waals surface area (Å²) >= 11 is 2.00. The molecule has 0 rings (SSSR count). The minimum Gasteiger partial charge on any atom is -0.434 e. The van der Waals surface area contributed by atoms with Gasteiger partial charge in [-0.15, -0.1) is 0 Å². The van der Waals surface area contributed by atoms with E-state index in [-0.39, 0.29) is 37.5 Å². The number of thiocyanates is 2. The highest BCUT2D eigenvalue weighted by molar-refractivity contribution is 8.05. The molecule has 0 aliphatic rings. The van der Waals surface area contributed by atoms with Crippen molar-refractivity contribution >= 4 is 35.8 Å². The largest absolute Gasteiger partial charge is 0.508 e. The molecule has 0 aromatic rings. The third-order valence-electron chi connectivity index (χ3n) is 4.19. The summed E-state index contributed by atoms with van der Waals surface area (Å²) in [6.45, 7) is 14.8. The number of carbonyl (C=O) groups is 2. The monoisotopic (exact) mass is 572 g/mol. The fraction of sp³-hybridized carbons (Fsp3) is 0.833. The van der Waals surface area contributed by atoms with Crippen LogP contribution in [0.5, 0.6) is 0 Å². The van der Waals surface area contributed by atoms with Gasteiger partial charge in [-0.2, -0.15) is 31.0 Å². The van der Waals surface area contributed by atoms with Gasteiger partial charge in [-0.05, 0) is 105 Å². The zero-order chi connectivity index (χ0) is 29.3. The van der Waals surface area contributed by atoms with Crippen LogP contribution in [0.3, 0.4) is 0 Å². The van der Waals surface area contributed by atoms with Crippen molar-refractivity contribution in [2.75, 3.05) is 26.4 Å². The zero-order valence-electron chi connectivity index (χ0n) is 23.6. The molecule has 12 nitrogen and oxygen atoms in total. The molecule has 38 heavy (non-hydrogen) atoms. The van der Waals surface area contributed by atoms with Gasteiger partial charge in [0.2, 0.25) is 0 Å². The summed E-state index contributed by atoms with van der Waals surface area (Å²) in [5.41, 5.74) is -0.716. The average molecular weight is 573 g/mol. The molecule has 214 valence electrons. The van der Waals surface area contributed by atoms with E-state index in [4.69, 9.17) is 29.5 Å². The van der Waals surface area contributed by atoms with Crippen LogP contribution in [-0.2, 0) is 18.9 Å². The quantitative estimate of drug-likeness (QED) is 0.0845. The van der Waals surface area contributed by atoms with Crippen molar-refractivity contribution in [2.24, 2.45) is 20.5 Å². The lowest BCUT2D eigenvalue weighted by atomic mass is 10.1. The highest BCUT2D eigenvalue weighted by atomic mass is 32.2. The van der Waals surface area contributed by atoms with E-state index in [9.17, 15) is 9.59 Å². The molecule has 2 atom stereocenters. The van der Waals surface area contributed by atoms with Crippen molar-refractivity contribution in [3.8, 4) is 10.8 Å². The Balaban J connectivity index is 4.17. The summed E-state index contributed by atoms with van der Waals surface area (Å²) in [4.78, 5) is 21.9. The Morgan fingerprint density at radius 2 is 0.921 bits per heavy atom. The van der Waals surface area contributed by atoms with Gasteiger partial charge in [0.25, 0.3) is 0 Å². The van der Waals surface area contributed by atoms with Crippen LogP contribution in [0.15, 0.2) is 20.5 Å². The Morgan fingerprint density at radius 1 is 0.605 bits per heavy atom. The number of azo groups is 2.